The van der Waals surface area contributed by atoms with Crippen molar-refractivity contribution in [1.29, 1.82) is 0 Å². The number of benzene rings is 2. The van der Waals surface area contributed by atoms with Crippen molar-refractivity contribution >= 4 is 18.0 Å². The second-order valence-electron chi connectivity index (χ2n) is 8.94. The molecule has 188 valence electrons. The van der Waals surface area contributed by atoms with E-state index in [0.29, 0.717) is 19.4 Å². The number of hydrogen-bond acceptors (Lipinski definition) is 5. The summed E-state index contributed by atoms with van der Waals surface area (Å²) >= 11 is 0. The molecule has 0 heterocycles. The van der Waals surface area contributed by atoms with Gasteiger partial charge in [0, 0.05) is 32.5 Å². The Balaban J connectivity index is 1.39. The summed E-state index contributed by atoms with van der Waals surface area (Å²) < 4.78 is 10.9. The lowest BCUT2D eigenvalue weighted by atomic mass is 9.98. The minimum atomic E-state index is -0.812. The normalized spacial score (nSPS) is 13.9. The molecule has 35 heavy (non-hydrogen) atoms. The van der Waals surface area contributed by atoms with Crippen LogP contribution in [-0.2, 0) is 19.1 Å². The van der Waals surface area contributed by atoms with Gasteiger partial charge in [0.05, 0.1) is 12.5 Å². The second-order valence-corrected chi connectivity index (χ2v) is 8.94. The third-order valence-corrected chi connectivity index (χ3v) is 6.37. The summed E-state index contributed by atoms with van der Waals surface area (Å²) in [6.07, 6.45) is 0.470. The fourth-order valence-corrected chi connectivity index (χ4v) is 4.34. The molecule has 3 rings (SSSR count). The van der Waals surface area contributed by atoms with Gasteiger partial charge in [-0.1, -0.05) is 55.5 Å². The molecule has 0 spiro atoms. The van der Waals surface area contributed by atoms with Crippen LogP contribution in [0.1, 0.15) is 49.7 Å². The number of aliphatic carboxylic acids is 1. The molecule has 0 radical (unpaired) electrons. The summed E-state index contributed by atoms with van der Waals surface area (Å²) in [5.74, 6) is -0.806. The highest BCUT2D eigenvalue weighted by Crippen LogP contribution is 2.44. The molecule has 2 aromatic carbocycles. The molecule has 0 saturated carbocycles. The molecule has 0 bridgehead atoms. The third kappa shape index (κ3) is 7.55. The molecule has 0 aliphatic heterocycles. The van der Waals surface area contributed by atoms with Crippen molar-refractivity contribution in [3.8, 4) is 11.1 Å². The Bertz CT molecular complexity index is 979. The Labute approximate surface area is 206 Å². The first-order chi connectivity index (χ1) is 16.9. The number of fused-ring (bicyclic) bond motifs is 3. The minimum Gasteiger partial charge on any atom is -0.481 e. The number of rotatable bonds is 13. The molecular formula is C27H34N2O6. The van der Waals surface area contributed by atoms with E-state index in [4.69, 9.17) is 14.6 Å². The first-order valence-electron chi connectivity index (χ1n) is 12.0. The lowest BCUT2D eigenvalue weighted by molar-refractivity contribution is -0.137. The highest BCUT2D eigenvalue weighted by Gasteiger charge is 2.29. The summed E-state index contributed by atoms with van der Waals surface area (Å²) in [5, 5.41) is 14.3. The predicted molar refractivity (Wildman–Crippen MR) is 132 cm³/mol. The Morgan fingerprint density at radius 1 is 0.971 bits per heavy atom. The Kier molecular flexibility index (Phi) is 9.66. The fourth-order valence-electron chi connectivity index (χ4n) is 4.34. The third-order valence-electron chi connectivity index (χ3n) is 6.37. The number of carbonyl (C=O) groups is 3. The first-order valence-corrected chi connectivity index (χ1v) is 12.0. The van der Waals surface area contributed by atoms with Crippen LogP contribution in [0.4, 0.5) is 4.79 Å². The van der Waals surface area contributed by atoms with Crippen molar-refractivity contribution < 1.29 is 29.0 Å². The van der Waals surface area contributed by atoms with Crippen molar-refractivity contribution in [2.24, 2.45) is 5.92 Å². The predicted octanol–water partition coefficient (Wildman–Crippen LogP) is 3.94. The quantitative estimate of drug-likeness (QED) is 0.399. The smallest absolute Gasteiger partial charge is 0.407 e. The zero-order valence-electron chi connectivity index (χ0n) is 20.3. The molecule has 8 heteroatoms. The monoisotopic (exact) mass is 482 g/mol. The van der Waals surface area contributed by atoms with Crippen LogP contribution in [0.5, 0.6) is 0 Å². The summed E-state index contributed by atoms with van der Waals surface area (Å²) in [6.45, 7) is 2.80. The van der Waals surface area contributed by atoms with Crippen molar-refractivity contribution in [2.75, 3.05) is 26.8 Å². The standard InChI is InChI=1S/C27H34N2O6/c1-18(11-12-26(31)32)13-14-28-25(30)15-19(34-2)16-29-27(33)35-17-24-22-9-5-3-7-20(22)21-8-4-6-10-23(21)24/h3-10,18-19,24H,11-17H2,1-2H3,(H,28,30)(H,29,33)(H,31,32). The van der Waals surface area contributed by atoms with Gasteiger partial charge in [-0.15, -0.1) is 0 Å². The number of ether oxygens (including phenoxy) is 2. The van der Waals surface area contributed by atoms with E-state index in [0.717, 1.165) is 11.1 Å². The molecule has 2 unspecified atom stereocenters. The van der Waals surface area contributed by atoms with E-state index in [2.05, 4.69) is 34.9 Å². The first kappa shape index (κ1) is 26.2. The van der Waals surface area contributed by atoms with Crippen molar-refractivity contribution in [3.63, 3.8) is 0 Å². The number of alkyl carbamates (subject to hydrolysis) is 1. The molecule has 1 aliphatic carbocycles. The van der Waals surface area contributed by atoms with Crippen LogP contribution in [-0.4, -0.2) is 56.0 Å². The van der Waals surface area contributed by atoms with Gasteiger partial charge in [-0.25, -0.2) is 4.79 Å². The van der Waals surface area contributed by atoms with Crippen LogP contribution in [0.3, 0.4) is 0 Å². The van der Waals surface area contributed by atoms with Gasteiger partial charge in [0.15, 0.2) is 0 Å². The number of hydrogen-bond donors (Lipinski definition) is 3. The van der Waals surface area contributed by atoms with Crippen molar-refractivity contribution in [3.05, 3.63) is 59.7 Å². The van der Waals surface area contributed by atoms with Crippen LogP contribution < -0.4 is 10.6 Å². The minimum absolute atomic E-state index is 0.0185. The maximum absolute atomic E-state index is 12.4. The van der Waals surface area contributed by atoms with Crippen LogP contribution in [0.15, 0.2) is 48.5 Å². The highest BCUT2D eigenvalue weighted by molar-refractivity contribution is 5.79. The van der Waals surface area contributed by atoms with Gasteiger partial charge in [0.25, 0.3) is 0 Å². The molecule has 2 aromatic rings. The molecule has 0 saturated heterocycles. The Morgan fingerprint density at radius 3 is 2.20 bits per heavy atom. The van der Waals surface area contributed by atoms with E-state index < -0.39 is 18.2 Å². The lowest BCUT2D eigenvalue weighted by Crippen LogP contribution is -2.38. The van der Waals surface area contributed by atoms with Gasteiger partial charge in [-0.05, 0) is 41.0 Å². The molecule has 3 N–H and O–H groups in total. The summed E-state index contributed by atoms with van der Waals surface area (Å²) in [5.41, 5.74) is 4.62. The number of carbonyl (C=O) groups excluding carboxylic acids is 2. The van der Waals surface area contributed by atoms with Crippen molar-refractivity contribution in [1.82, 2.24) is 10.6 Å². The molecule has 1 aliphatic rings. The molecule has 0 fully saturated rings. The zero-order valence-corrected chi connectivity index (χ0v) is 20.3. The number of methoxy groups -OCH3 is 1. The van der Waals surface area contributed by atoms with E-state index >= 15 is 0 Å². The van der Waals surface area contributed by atoms with E-state index in [1.807, 2.05) is 31.2 Å². The van der Waals surface area contributed by atoms with E-state index in [9.17, 15) is 14.4 Å². The van der Waals surface area contributed by atoms with E-state index in [-0.39, 0.29) is 43.7 Å². The Morgan fingerprint density at radius 2 is 1.60 bits per heavy atom. The second kappa shape index (κ2) is 12.9. The Hall–Kier alpha value is -3.39. The number of carboxylic acid groups (broad SMARTS) is 1. The fraction of sp³-hybridized carbons (Fsp3) is 0.444. The van der Waals surface area contributed by atoms with Gasteiger partial charge < -0.3 is 25.2 Å². The van der Waals surface area contributed by atoms with Crippen LogP contribution in [0.2, 0.25) is 0 Å². The molecule has 0 aromatic heterocycles. The SMILES string of the molecule is COC(CNC(=O)OCC1c2ccccc2-c2ccccc21)CC(=O)NCCC(C)CCC(=O)O. The van der Waals surface area contributed by atoms with Crippen LogP contribution in [0, 0.1) is 5.92 Å². The number of amides is 2. The molecule has 2 atom stereocenters. The largest absolute Gasteiger partial charge is 0.481 e. The van der Waals surface area contributed by atoms with Crippen LogP contribution >= 0.6 is 0 Å². The maximum Gasteiger partial charge on any atom is 0.407 e. The maximum atomic E-state index is 12.4. The van der Waals surface area contributed by atoms with Gasteiger partial charge in [-0.2, -0.15) is 0 Å². The van der Waals surface area contributed by atoms with Crippen LogP contribution in [0.25, 0.3) is 11.1 Å². The van der Waals surface area contributed by atoms with E-state index in [1.165, 1.54) is 18.2 Å². The topological polar surface area (TPSA) is 114 Å². The zero-order chi connectivity index (χ0) is 25.2. The average molecular weight is 483 g/mol. The van der Waals surface area contributed by atoms with E-state index in [1.54, 1.807) is 0 Å². The average Bonchev–Trinajstić information content (AvgIpc) is 3.17. The van der Waals surface area contributed by atoms with Gasteiger partial charge in [0.1, 0.15) is 6.61 Å². The van der Waals surface area contributed by atoms with Gasteiger partial charge in [-0.3, -0.25) is 9.59 Å². The van der Waals surface area contributed by atoms with Gasteiger partial charge >= 0.3 is 12.1 Å². The summed E-state index contributed by atoms with van der Waals surface area (Å²) in [4.78, 5) is 35.2. The molecule has 8 nitrogen and oxygen atoms in total. The number of carboxylic acids is 1. The van der Waals surface area contributed by atoms with Gasteiger partial charge in [0.2, 0.25) is 5.91 Å². The lowest BCUT2D eigenvalue weighted by Gasteiger charge is -2.18. The highest BCUT2D eigenvalue weighted by atomic mass is 16.5. The number of nitrogens with one attached hydrogen (secondary N) is 2. The summed E-state index contributed by atoms with van der Waals surface area (Å²) in [6, 6.07) is 16.3. The summed E-state index contributed by atoms with van der Waals surface area (Å²) in [7, 11) is 1.49. The molecular weight excluding hydrogens is 448 g/mol. The van der Waals surface area contributed by atoms with Crippen molar-refractivity contribution in [2.45, 2.75) is 44.6 Å². The molecule has 2 amide bonds.